The van der Waals surface area contributed by atoms with Gasteiger partial charge in [0, 0.05) is 36.2 Å². The van der Waals surface area contributed by atoms with Crippen molar-refractivity contribution in [2.75, 3.05) is 26.0 Å². The molecule has 0 bridgehead atoms. The minimum atomic E-state index is -0.0827. The standard InChI is InChI=1S/C19H27N3O2S2/c1-24-16-5-6-18-15(11-16)10-14(12-21-18)13-22-19(23)20-8-3-2-4-17-7-9-25-26-17/h5-6,11-12,14,17H,2-4,7-10,13H2,1H3,(H2,20,22,23). The number of aliphatic imine (C=N–C) groups is 1. The molecule has 2 amide bonds. The maximum atomic E-state index is 12.0. The van der Waals surface area contributed by atoms with Gasteiger partial charge in [0.05, 0.1) is 12.8 Å². The predicted molar refractivity (Wildman–Crippen MR) is 112 cm³/mol. The monoisotopic (exact) mass is 393 g/mol. The van der Waals surface area contributed by atoms with E-state index in [1.54, 1.807) is 7.11 Å². The molecule has 1 aromatic carbocycles. The number of amides is 2. The third-order valence-corrected chi connectivity index (χ3v) is 7.69. The topological polar surface area (TPSA) is 62.7 Å². The number of hydrogen-bond acceptors (Lipinski definition) is 5. The van der Waals surface area contributed by atoms with Crippen molar-refractivity contribution in [2.45, 2.75) is 37.4 Å². The van der Waals surface area contributed by atoms with Crippen molar-refractivity contribution >= 4 is 39.5 Å². The van der Waals surface area contributed by atoms with Gasteiger partial charge in [-0.05, 0) is 49.4 Å². The molecular formula is C19H27N3O2S2. The maximum absolute atomic E-state index is 12.0. The van der Waals surface area contributed by atoms with Gasteiger partial charge < -0.3 is 15.4 Å². The summed E-state index contributed by atoms with van der Waals surface area (Å²) < 4.78 is 5.28. The van der Waals surface area contributed by atoms with Gasteiger partial charge in [0.25, 0.3) is 0 Å². The van der Waals surface area contributed by atoms with Crippen LogP contribution in [0.3, 0.4) is 0 Å². The minimum Gasteiger partial charge on any atom is -0.497 e. The Kier molecular flexibility index (Phi) is 7.55. The van der Waals surface area contributed by atoms with Gasteiger partial charge in [0.1, 0.15) is 5.75 Å². The quantitative estimate of drug-likeness (QED) is 0.513. The van der Waals surface area contributed by atoms with Crippen molar-refractivity contribution in [3.8, 4) is 5.75 Å². The molecule has 0 radical (unpaired) electrons. The summed E-state index contributed by atoms with van der Waals surface area (Å²) in [6, 6.07) is 5.84. The summed E-state index contributed by atoms with van der Waals surface area (Å²) in [5, 5.41) is 6.74. The zero-order valence-electron chi connectivity index (χ0n) is 15.2. The molecule has 0 aliphatic carbocycles. The smallest absolute Gasteiger partial charge is 0.314 e. The summed E-state index contributed by atoms with van der Waals surface area (Å²) >= 11 is 0. The second-order valence-electron chi connectivity index (χ2n) is 6.70. The highest BCUT2D eigenvalue weighted by Gasteiger charge is 2.17. The molecule has 142 valence electrons. The number of benzene rings is 1. The van der Waals surface area contributed by atoms with E-state index in [2.05, 4.69) is 15.6 Å². The molecule has 26 heavy (non-hydrogen) atoms. The van der Waals surface area contributed by atoms with Crippen LogP contribution in [-0.2, 0) is 6.42 Å². The van der Waals surface area contributed by atoms with Gasteiger partial charge in [-0.25, -0.2) is 4.79 Å². The lowest BCUT2D eigenvalue weighted by atomic mass is 9.96. The normalized spacial score (nSPS) is 21.3. The van der Waals surface area contributed by atoms with Crippen LogP contribution in [0.5, 0.6) is 5.75 Å². The molecule has 2 atom stereocenters. The lowest BCUT2D eigenvalue weighted by molar-refractivity contribution is 0.240. The predicted octanol–water partition coefficient (Wildman–Crippen LogP) is 4.19. The summed E-state index contributed by atoms with van der Waals surface area (Å²) in [7, 11) is 5.68. The summed E-state index contributed by atoms with van der Waals surface area (Å²) in [4.78, 5) is 16.5. The van der Waals surface area contributed by atoms with Crippen molar-refractivity contribution in [1.82, 2.24) is 10.6 Å². The van der Waals surface area contributed by atoms with E-state index in [-0.39, 0.29) is 11.9 Å². The average molecular weight is 394 g/mol. The van der Waals surface area contributed by atoms with Crippen molar-refractivity contribution in [1.29, 1.82) is 0 Å². The SMILES string of the molecule is COc1ccc2c(c1)CC(CNC(=O)NCCCCC1CCSS1)C=N2. The lowest BCUT2D eigenvalue weighted by Gasteiger charge is -2.19. The summed E-state index contributed by atoms with van der Waals surface area (Å²) in [6.07, 6.45) is 7.64. The molecule has 3 rings (SSSR count). The van der Waals surface area contributed by atoms with Crippen LogP contribution >= 0.6 is 21.6 Å². The van der Waals surface area contributed by atoms with E-state index in [0.717, 1.165) is 36.1 Å². The number of carbonyl (C=O) groups is 1. The lowest BCUT2D eigenvalue weighted by Crippen LogP contribution is -2.39. The Morgan fingerprint density at radius 1 is 1.35 bits per heavy atom. The summed E-state index contributed by atoms with van der Waals surface area (Å²) in [6.45, 7) is 1.34. The van der Waals surface area contributed by atoms with Crippen molar-refractivity contribution in [3.63, 3.8) is 0 Å². The summed E-state index contributed by atoms with van der Waals surface area (Å²) in [5.41, 5.74) is 2.16. The fraction of sp³-hybridized carbons (Fsp3) is 0.579. The Morgan fingerprint density at radius 2 is 2.27 bits per heavy atom. The molecule has 2 unspecified atom stereocenters. The van der Waals surface area contributed by atoms with Crippen LogP contribution in [-0.4, -0.2) is 43.4 Å². The number of ether oxygens (including phenoxy) is 1. The molecule has 2 aliphatic rings. The van der Waals surface area contributed by atoms with Gasteiger partial charge in [-0.2, -0.15) is 0 Å². The first kappa shape index (κ1) is 19.4. The third-order valence-electron chi connectivity index (χ3n) is 4.68. The van der Waals surface area contributed by atoms with Crippen molar-refractivity contribution in [2.24, 2.45) is 10.9 Å². The second kappa shape index (κ2) is 10.1. The molecule has 2 aliphatic heterocycles. The molecule has 2 N–H and O–H groups in total. The second-order valence-corrected chi connectivity index (χ2v) is 9.49. The fourth-order valence-corrected chi connectivity index (χ4v) is 6.20. The first-order valence-electron chi connectivity index (χ1n) is 9.25. The average Bonchev–Trinajstić information content (AvgIpc) is 3.19. The van der Waals surface area contributed by atoms with Gasteiger partial charge in [-0.1, -0.05) is 28.0 Å². The minimum absolute atomic E-state index is 0.0827. The Hall–Kier alpha value is -1.34. The van der Waals surface area contributed by atoms with Crippen LogP contribution < -0.4 is 15.4 Å². The highest BCUT2D eigenvalue weighted by atomic mass is 33.1. The van der Waals surface area contributed by atoms with Crippen LogP contribution in [0, 0.1) is 5.92 Å². The number of carbonyl (C=O) groups excluding carboxylic acids is 1. The number of fused-ring (bicyclic) bond motifs is 1. The fourth-order valence-electron chi connectivity index (χ4n) is 3.17. The van der Waals surface area contributed by atoms with Crippen LogP contribution in [0.25, 0.3) is 0 Å². The molecule has 1 aromatic rings. The van der Waals surface area contributed by atoms with Crippen molar-refractivity contribution < 1.29 is 9.53 Å². The number of methoxy groups -OCH3 is 1. The van der Waals surface area contributed by atoms with E-state index in [9.17, 15) is 4.79 Å². The molecule has 1 fully saturated rings. The molecule has 0 spiro atoms. The molecule has 5 nitrogen and oxygen atoms in total. The van der Waals surface area contributed by atoms with Gasteiger partial charge >= 0.3 is 6.03 Å². The number of nitrogens with one attached hydrogen (secondary N) is 2. The number of urea groups is 1. The van der Waals surface area contributed by atoms with Crippen LogP contribution in [0.2, 0.25) is 0 Å². The van der Waals surface area contributed by atoms with E-state index in [0.29, 0.717) is 6.54 Å². The summed E-state index contributed by atoms with van der Waals surface area (Å²) in [5.74, 6) is 2.36. The Morgan fingerprint density at radius 3 is 3.08 bits per heavy atom. The third kappa shape index (κ3) is 5.84. The first-order valence-corrected chi connectivity index (χ1v) is 11.6. The van der Waals surface area contributed by atoms with Crippen molar-refractivity contribution in [3.05, 3.63) is 23.8 Å². The Labute approximate surface area is 163 Å². The Balaban J connectivity index is 1.30. The first-order chi connectivity index (χ1) is 12.7. The largest absolute Gasteiger partial charge is 0.497 e. The van der Waals surface area contributed by atoms with Crippen LogP contribution in [0.1, 0.15) is 31.2 Å². The van der Waals surface area contributed by atoms with E-state index < -0.39 is 0 Å². The van der Waals surface area contributed by atoms with Gasteiger partial charge in [0.2, 0.25) is 0 Å². The number of nitrogens with zero attached hydrogens (tertiary/aromatic N) is 1. The highest BCUT2D eigenvalue weighted by molar-refractivity contribution is 8.77. The number of rotatable bonds is 8. The molecule has 1 saturated heterocycles. The molecule has 0 aromatic heterocycles. The highest BCUT2D eigenvalue weighted by Crippen LogP contribution is 2.39. The van der Waals surface area contributed by atoms with Gasteiger partial charge in [-0.3, -0.25) is 4.99 Å². The van der Waals surface area contributed by atoms with Crippen LogP contribution in [0.15, 0.2) is 23.2 Å². The number of hydrogen-bond donors (Lipinski definition) is 2. The molecule has 2 heterocycles. The van der Waals surface area contributed by atoms with E-state index >= 15 is 0 Å². The van der Waals surface area contributed by atoms with E-state index in [1.807, 2.05) is 46.0 Å². The van der Waals surface area contributed by atoms with E-state index in [4.69, 9.17) is 4.74 Å². The molecule has 7 heteroatoms. The zero-order chi connectivity index (χ0) is 18.2. The number of unbranched alkanes of at least 4 members (excludes halogenated alkanes) is 1. The van der Waals surface area contributed by atoms with Gasteiger partial charge in [0.15, 0.2) is 0 Å². The van der Waals surface area contributed by atoms with E-state index in [1.165, 1.54) is 30.6 Å². The Bertz CT molecular complexity index is 633. The maximum Gasteiger partial charge on any atom is 0.314 e. The van der Waals surface area contributed by atoms with Gasteiger partial charge in [-0.15, -0.1) is 0 Å². The zero-order valence-corrected chi connectivity index (χ0v) is 16.8. The molecular weight excluding hydrogens is 366 g/mol. The molecule has 0 saturated carbocycles. The van der Waals surface area contributed by atoms with Crippen LogP contribution in [0.4, 0.5) is 10.5 Å².